The van der Waals surface area contributed by atoms with Gasteiger partial charge in [-0.1, -0.05) is 19.1 Å². The number of carbonyl (C=O) groups excluding carboxylic acids is 1. The van der Waals surface area contributed by atoms with Crippen molar-refractivity contribution in [2.75, 3.05) is 0 Å². The van der Waals surface area contributed by atoms with Crippen LogP contribution in [0.25, 0.3) is 11.0 Å². The zero-order valence-corrected chi connectivity index (χ0v) is 8.99. The predicted octanol–water partition coefficient (Wildman–Crippen LogP) is 3.43. The first-order valence-electron chi connectivity index (χ1n) is 5.13. The van der Waals surface area contributed by atoms with E-state index < -0.39 is 0 Å². The van der Waals surface area contributed by atoms with Gasteiger partial charge in [-0.2, -0.15) is 0 Å². The third kappa shape index (κ3) is 1.80. The summed E-state index contributed by atoms with van der Waals surface area (Å²) in [4.78, 5) is 10.4. The van der Waals surface area contributed by atoms with E-state index in [0.717, 1.165) is 28.4 Å². The van der Waals surface area contributed by atoms with Gasteiger partial charge in [0.1, 0.15) is 11.9 Å². The maximum Gasteiger partial charge on any atom is 0.134 e. The number of hydrogen-bond acceptors (Lipinski definition) is 2. The van der Waals surface area contributed by atoms with Crippen molar-refractivity contribution in [3.63, 3.8) is 0 Å². The lowest BCUT2D eigenvalue weighted by Gasteiger charge is -2.07. The lowest BCUT2D eigenvalue weighted by Crippen LogP contribution is -1.93. The molecule has 15 heavy (non-hydrogen) atoms. The van der Waals surface area contributed by atoms with Crippen molar-refractivity contribution in [1.29, 1.82) is 0 Å². The molecule has 2 rings (SSSR count). The quantitative estimate of drug-likeness (QED) is 0.714. The van der Waals surface area contributed by atoms with Crippen molar-refractivity contribution in [1.82, 2.24) is 0 Å². The Balaban J connectivity index is 2.42. The second kappa shape index (κ2) is 3.89. The minimum atomic E-state index is 0.261. The third-order valence-corrected chi connectivity index (χ3v) is 2.81. The van der Waals surface area contributed by atoms with Gasteiger partial charge in [-0.25, -0.2) is 0 Å². The Labute approximate surface area is 88.9 Å². The van der Waals surface area contributed by atoms with E-state index in [-0.39, 0.29) is 5.92 Å². The molecule has 0 saturated heterocycles. The van der Waals surface area contributed by atoms with E-state index in [0.29, 0.717) is 6.42 Å². The molecule has 0 N–H and O–H groups in total. The van der Waals surface area contributed by atoms with Crippen LogP contribution in [-0.2, 0) is 4.79 Å². The first kappa shape index (κ1) is 9.97. The molecule has 0 aliphatic rings. The molecule has 0 amide bonds. The second-order valence-corrected chi connectivity index (χ2v) is 3.98. The number of fused-ring (bicyclic) bond motifs is 1. The monoisotopic (exact) mass is 202 g/mol. The van der Waals surface area contributed by atoms with Gasteiger partial charge in [0.2, 0.25) is 0 Å². The maximum absolute atomic E-state index is 10.4. The normalized spacial score (nSPS) is 12.9. The molecule has 0 saturated carbocycles. The summed E-state index contributed by atoms with van der Waals surface area (Å²) in [6.45, 7) is 4.08. The molecule has 78 valence electrons. The van der Waals surface area contributed by atoms with Crippen LogP contribution in [0.15, 0.2) is 28.9 Å². The summed E-state index contributed by atoms with van der Waals surface area (Å²) in [5, 5.41) is 1.15. The Hall–Kier alpha value is -1.57. The van der Waals surface area contributed by atoms with Crippen LogP contribution in [0.1, 0.15) is 30.4 Å². The number of aldehydes is 1. The molecule has 0 radical (unpaired) electrons. The van der Waals surface area contributed by atoms with E-state index in [2.05, 4.69) is 12.1 Å². The molecule has 1 aromatic heterocycles. The van der Waals surface area contributed by atoms with Gasteiger partial charge in [0, 0.05) is 11.8 Å². The Morgan fingerprint density at radius 1 is 1.47 bits per heavy atom. The maximum atomic E-state index is 10.4. The van der Waals surface area contributed by atoms with Gasteiger partial charge in [0.25, 0.3) is 0 Å². The largest absolute Gasteiger partial charge is 0.464 e. The number of benzene rings is 1. The molecule has 0 bridgehead atoms. The minimum absolute atomic E-state index is 0.261. The van der Waals surface area contributed by atoms with Crippen LogP contribution in [0.3, 0.4) is 0 Å². The Bertz CT molecular complexity index is 482. The summed E-state index contributed by atoms with van der Waals surface area (Å²) in [5.41, 5.74) is 3.21. The Morgan fingerprint density at radius 3 is 3.00 bits per heavy atom. The summed E-state index contributed by atoms with van der Waals surface area (Å²) in [6.07, 6.45) is 3.28. The summed E-state index contributed by atoms with van der Waals surface area (Å²) in [5.74, 6) is 0.261. The van der Waals surface area contributed by atoms with Crippen LogP contribution in [0.4, 0.5) is 0 Å². The fraction of sp³-hybridized carbons (Fsp3) is 0.308. The molecule has 1 aromatic carbocycles. The van der Waals surface area contributed by atoms with Crippen molar-refractivity contribution in [2.45, 2.75) is 26.2 Å². The molecular weight excluding hydrogens is 188 g/mol. The van der Waals surface area contributed by atoms with Crippen molar-refractivity contribution >= 4 is 17.3 Å². The van der Waals surface area contributed by atoms with Crippen LogP contribution in [0.5, 0.6) is 0 Å². The van der Waals surface area contributed by atoms with E-state index in [4.69, 9.17) is 4.42 Å². The molecule has 0 aliphatic carbocycles. The highest BCUT2D eigenvalue weighted by Crippen LogP contribution is 2.26. The molecule has 0 fully saturated rings. The molecule has 2 aromatic rings. The number of hydrogen-bond donors (Lipinski definition) is 0. The van der Waals surface area contributed by atoms with Crippen molar-refractivity contribution in [3.8, 4) is 0 Å². The van der Waals surface area contributed by atoms with Gasteiger partial charge in [0.05, 0.1) is 6.26 Å². The average molecular weight is 202 g/mol. The molecular formula is C13H14O2. The smallest absolute Gasteiger partial charge is 0.134 e. The van der Waals surface area contributed by atoms with Gasteiger partial charge in [-0.05, 0) is 30.0 Å². The van der Waals surface area contributed by atoms with Crippen LogP contribution in [0, 0.1) is 6.92 Å². The van der Waals surface area contributed by atoms with Gasteiger partial charge in [-0.15, -0.1) is 0 Å². The lowest BCUT2D eigenvalue weighted by molar-refractivity contribution is -0.108. The highest BCUT2D eigenvalue weighted by atomic mass is 16.3. The van der Waals surface area contributed by atoms with E-state index in [1.54, 1.807) is 6.26 Å². The summed E-state index contributed by atoms with van der Waals surface area (Å²) in [6, 6.07) is 6.15. The molecule has 1 atom stereocenters. The van der Waals surface area contributed by atoms with Crippen molar-refractivity contribution in [2.24, 2.45) is 0 Å². The molecule has 1 unspecified atom stereocenters. The van der Waals surface area contributed by atoms with Crippen LogP contribution in [0.2, 0.25) is 0 Å². The number of furan rings is 1. The standard InChI is InChI=1S/C13H14O2/c1-9(5-6-14)11-3-4-12-10(2)8-15-13(12)7-11/h3-4,6-9H,5H2,1-2H3. The van der Waals surface area contributed by atoms with Gasteiger partial charge in [0.15, 0.2) is 0 Å². The van der Waals surface area contributed by atoms with E-state index >= 15 is 0 Å². The molecule has 0 aliphatic heterocycles. The first-order valence-corrected chi connectivity index (χ1v) is 5.13. The summed E-state index contributed by atoms with van der Waals surface area (Å²) >= 11 is 0. The average Bonchev–Trinajstić information content (AvgIpc) is 2.60. The highest BCUT2D eigenvalue weighted by molar-refractivity contribution is 5.81. The summed E-state index contributed by atoms with van der Waals surface area (Å²) in [7, 11) is 0. The third-order valence-electron chi connectivity index (χ3n) is 2.81. The first-order chi connectivity index (χ1) is 7.22. The predicted molar refractivity (Wildman–Crippen MR) is 60.0 cm³/mol. The van der Waals surface area contributed by atoms with E-state index in [9.17, 15) is 4.79 Å². The van der Waals surface area contributed by atoms with E-state index in [1.807, 2.05) is 19.9 Å². The van der Waals surface area contributed by atoms with Crippen molar-refractivity contribution < 1.29 is 9.21 Å². The Morgan fingerprint density at radius 2 is 2.27 bits per heavy atom. The van der Waals surface area contributed by atoms with Crippen molar-refractivity contribution in [3.05, 3.63) is 35.6 Å². The fourth-order valence-corrected chi connectivity index (χ4v) is 1.76. The van der Waals surface area contributed by atoms with Gasteiger partial charge < -0.3 is 9.21 Å². The SMILES string of the molecule is Cc1coc2cc(C(C)CC=O)ccc12. The zero-order chi connectivity index (χ0) is 10.8. The molecule has 2 nitrogen and oxygen atoms in total. The number of carbonyl (C=O) groups is 1. The Kier molecular flexibility index (Phi) is 2.58. The minimum Gasteiger partial charge on any atom is -0.464 e. The lowest BCUT2D eigenvalue weighted by atomic mass is 9.97. The second-order valence-electron chi connectivity index (χ2n) is 3.98. The fourth-order valence-electron chi connectivity index (χ4n) is 1.76. The topological polar surface area (TPSA) is 30.2 Å². The summed E-state index contributed by atoms with van der Waals surface area (Å²) < 4.78 is 5.43. The van der Waals surface area contributed by atoms with Gasteiger partial charge >= 0.3 is 0 Å². The molecule has 2 heteroatoms. The zero-order valence-electron chi connectivity index (χ0n) is 8.99. The van der Waals surface area contributed by atoms with Crippen LogP contribution >= 0.6 is 0 Å². The van der Waals surface area contributed by atoms with Crippen LogP contribution < -0.4 is 0 Å². The van der Waals surface area contributed by atoms with E-state index in [1.165, 1.54) is 0 Å². The molecule has 0 spiro atoms. The number of aryl methyl sites for hydroxylation is 1. The molecule has 1 heterocycles. The van der Waals surface area contributed by atoms with Crippen LogP contribution in [-0.4, -0.2) is 6.29 Å². The highest BCUT2D eigenvalue weighted by Gasteiger charge is 2.08. The van der Waals surface area contributed by atoms with Gasteiger partial charge in [-0.3, -0.25) is 0 Å². The number of rotatable bonds is 3.